The lowest BCUT2D eigenvalue weighted by atomic mass is 10.1. The maximum atomic E-state index is 12.7. The molecule has 6 heteroatoms. The largest absolute Gasteiger partial charge is 0.497 e. The first-order valence-electron chi connectivity index (χ1n) is 10.7. The van der Waals surface area contributed by atoms with E-state index in [1.165, 1.54) is 0 Å². The summed E-state index contributed by atoms with van der Waals surface area (Å²) in [6.07, 6.45) is 0.943. The van der Waals surface area contributed by atoms with Crippen LogP contribution in [0.25, 0.3) is 0 Å². The van der Waals surface area contributed by atoms with Crippen molar-refractivity contribution in [2.45, 2.75) is 46.3 Å². The first-order valence-corrected chi connectivity index (χ1v) is 10.7. The maximum Gasteiger partial charge on any atom is 0.257 e. The maximum absolute atomic E-state index is 12.7. The minimum absolute atomic E-state index is 0.0688. The van der Waals surface area contributed by atoms with Gasteiger partial charge in [-0.05, 0) is 76.2 Å². The fourth-order valence-electron chi connectivity index (χ4n) is 3.38. The molecule has 3 rings (SSSR count). The normalized spacial score (nSPS) is 11.8. The summed E-state index contributed by atoms with van der Waals surface area (Å²) >= 11 is 0. The smallest absolute Gasteiger partial charge is 0.257 e. The Balaban J connectivity index is 1.61. The van der Waals surface area contributed by atoms with Crippen LogP contribution in [0.4, 0.5) is 5.69 Å². The molecule has 3 aromatic rings. The molecule has 0 aliphatic heterocycles. The number of aromatic nitrogens is 1. The van der Waals surface area contributed by atoms with Crippen LogP contribution in [0.3, 0.4) is 0 Å². The first kappa shape index (κ1) is 23.3. The van der Waals surface area contributed by atoms with E-state index in [-0.39, 0.29) is 18.1 Å². The van der Waals surface area contributed by atoms with Crippen molar-refractivity contribution in [2.75, 3.05) is 12.4 Å². The second-order valence-electron chi connectivity index (χ2n) is 7.89. The molecule has 0 saturated carbocycles. The van der Waals surface area contributed by atoms with Crippen molar-refractivity contribution >= 4 is 11.6 Å². The van der Waals surface area contributed by atoms with E-state index in [1.54, 1.807) is 31.4 Å². The Hall–Kier alpha value is -3.38. The van der Waals surface area contributed by atoms with Gasteiger partial charge < -0.3 is 19.5 Å². The highest BCUT2D eigenvalue weighted by molar-refractivity contribution is 6.05. The number of ether oxygens (including phenoxy) is 3. The number of nitrogens with zero attached hydrogens (tertiary/aromatic N) is 1. The molecule has 0 radical (unpaired) electrons. The summed E-state index contributed by atoms with van der Waals surface area (Å²) in [6, 6.07) is 18.3. The van der Waals surface area contributed by atoms with E-state index in [4.69, 9.17) is 14.2 Å². The van der Waals surface area contributed by atoms with Gasteiger partial charge in [0.15, 0.2) is 0 Å². The molecule has 1 atom stereocenters. The lowest BCUT2D eigenvalue weighted by Crippen LogP contribution is -2.18. The van der Waals surface area contributed by atoms with E-state index in [0.29, 0.717) is 34.9 Å². The van der Waals surface area contributed by atoms with Crippen LogP contribution < -0.4 is 14.8 Å². The summed E-state index contributed by atoms with van der Waals surface area (Å²) < 4.78 is 16.8. The number of aryl methyl sites for hydroxylation is 1. The van der Waals surface area contributed by atoms with Gasteiger partial charge in [0.1, 0.15) is 17.2 Å². The first-order chi connectivity index (χ1) is 15.3. The van der Waals surface area contributed by atoms with E-state index in [9.17, 15) is 4.79 Å². The lowest BCUT2D eigenvalue weighted by Gasteiger charge is -2.16. The van der Waals surface area contributed by atoms with Crippen LogP contribution >= 0.6 is 0 Å². The molecule has 0 bridgehead atoms. The molecule has 0 saturated heterocycles. The number of carbonyl (C=O) groups is 1. The van der Waals surface area contributed by atoms with Gasteiger partial charge >= 0.3 is 0 Å². The monoisotopic (exact) mass is 434 g/mol. The third-order valence-corrected chi connectivity index (χ3v) is 4.78. The molecule has 0 aliphatic carbocycles. The number of nitrogens with one attached hydrogen (secondary N) is 1. The Bertz CT molecular complexity index is 1050. The van der Waals surface area contributed by atoms with Gasteiger partial charge in [0.2, 0.25) is 0 Å². The number of amides is 1. The number of rotatable bonds is 9. The number of pyridine rings is 1. The Morgan fingerprint density at radius 3 is 2.34 bits per heavy atom. The summed E-state index contributed by atoms with van der Waals surface area (Å²) in [5.74, 6) is 1.87. The standard InChI is InChI=1S/C26H30N2O4/c1-17(2)31-18(3)15-21-11-14-25(19(4)27-21)26(29)28-20-9-12-22(13-10-20)32-24-8-6-7-23(16-24)30-5/h6-14,16-18H,15H2,1-5H3,(H,28,29). The van der Waals surface area contributed by atoms with Crippen molar-refractivity contribution in [1.82, 2.24) is 4.98 Å². The predicted molar refractivity (Wildman–Crippen MR) is 126 cm³/mol. The zero-order chi connectivity index (χ0) is 23.1. The molecule has 1 unspecified atom stereocenters. The second-order valence-corrected chi connectivity index (χ2v) is 7.89. The van der Waals surface area contributed by atoms with Gasteiger partial charge in [-0.25, -0.2) is 0 Å². The average Bonchev–Trinajstić information content (AvgIpc) is 2.74. The SMILES string of the molecule is COc1cccc(Oc2ccc(NC(=O)c3ccc(CC(C)OC(C)C)nc3C)cc2)c1. The van der Waals surface area contributed by atoms with Crippen LogP contribution in [-0.2, 0) is 11.2 Å². The highest BCUT2D eigenvalue weighted by Gasteiger charge is 2.13. The Kier molecular flexibility index (Phi) is 7.84. The lowest BCUT2D eigenvalue weighted by molar-refractivity contribution is 0.0190. The van der Waals surface area contributed by atoms with Crippen molar-refractivity contribution in [3.05, 3.63) is 77.6 Å². The Labute approximate surface area is 189 Å². The topological polar surface area (TPSA) is 69.7 Å². The Morgan fingerprint density at radius 1 is 0.969 bits per heavy atom. The molecule has 0 fully saturated rings. The number of hydrogen-bond donors (Lipinski definition) is 1. The molecule has 32 heavy (non-hydrogen) atoms. The van der Waals surface area contributed by atoms with Crippen molar-refractivity contribution in [3.8, 4) is 17.2 Å². The van der Waals surface area contributed by atoms with Crippen LogP contribution in [0.15, 0.2) is 60.7 Å². The van der Waals surface area contributed by atoms with Gasteiger partial charge in [0.25, 0.3) is 5.91 Å². The molecule has 1 amide bonds. The number of hydrogen-bond acceptors (Lipinski definition) is 5. The number of methoxy groups -OCH3 is 1. The number of anilines is 1. The molecule has 0 aliphatic rings. The molecular weight excluding hydrogens is 404 g/mol. The molecule has 168 valence electrons. The average molecular weight is 435 g/mol. The third-order valence-electron chi connectivity index (χ3n) is 4.78. The van der Waals surface area contributed by atoms with Crippen molar-refractivity contribution in [3.63, 3.8) is 0 Å². The van der Waals surface area contributed by atoms with Crippen LogP contribution in [0.5, 0.6) is 17.2 Å². The molecule has 6 nitrogen and oxygen atoms in total. The zero-order valence-electron chi connectivity index (χ0n) is 19.2. The van der Waals surface area contributed by atoms with Gasteiger partial charge in [0, 0.05) is 23.9 Å². The summed E-state index contributed by atoms with van der Waals surface area (Å²) in [5, 5.41) is 2.92. The highest BCUT2D eigenvalue weighted by atomic mass is 16.5. The molecule has 0 spiro atoms. The summed E-state index contributed by atoms with van der Waals surface area (Å²) in [7, 11) is 1.61. The van der Waals surface area contributed by atoms with E-state index in [2.05, 4.69) is 10.3 Å². The summed E-state index contributed by atoms with van der Waals surface area (Å²) in [6.45, 7) is 7.90. The highest BCUT2D eigenvalue weighted by Crippen LogP contribution is 2.26. The van der Waals surface area contributed by atoms with E-state index in [0.717, 1.165) is 11.4 Å². The number of benzene rings is 2. The summed E-state index contributed by atoms with van der Waals surface area (Å²) in [5.41, 5.74) is 2.82. The quantitative estimate of drug-likeness (QED) is 0.461. The number of carbonyl (C=O) groups excluding carboxylic acids is 1. The molecule has 1 heterocycles. The molecule has 1 aromatic heterocycles. The molecular formula is C26H30N2O4. The minimum atomic E-state index is -0.200. The van der Waals surface area contributed by atoms with Crippen LogP contribution in [-0.4, -0.2) is 30.2 Å². The van der Waals surface area contributed by atoms with Gasteiger partial charge in [-0.15, -0.1) is 0 Å². The van der Waals surface area contributed by atoms with E-state index < -0.39 is 0 Å². The van der Waals surface area contributed by atoms with Gasteiger partial charge in [-0.2, -0.15) is 0 Å². The van der Waals surface area contributed by atoms with Crippen molar-refractivity contribution in [1.29, 1.82) is 0 Å². The van der Waals surface area contributed by atoms with Crippen molar-refractivity contribution in [2.24, 2.45) is 0 Å². The third kappa shape index (κ3) is 6.56. The van der Waals surface area contributed by atoms with E-state index in [1.807, 2.05) is 64.1 Å². The predicted octanol–water partition coefficient (Wildman–Crippen LogP) is 5.80. The molecule has 2 aromatic carbocycles. The van der Waals surface area contributed by atoms with E-state index >= 15 is 0 Å². The van der Waals surface area contributed by atoms with Gasteiger partial charge in [-0.3, -0.25) is 9.78 Å². The van der Waals surface area contributed by atoms with Crippen LogP contribution in [0.1, 0.15) is 42.5 Å². The molecule has 1 N–H and O–H groups in total. The Morgan fingerprint density at radius 2 is 1.69 bits per heavy atom. The van der Waals surface area contributed by atoms with Crippen molar-refractivity contribution < 1.29 is 19.0 Å². The van der Waals surface area contributed by atoms with Crippen LogP contribution in [0.2, 0.25) is 0 Å². The fraction of sp³-hybridized carbons (Fsp3) is 0.308. The second kappa shape index (κ2) is 10.8. The minimum Gasteiger partial charge on any atom is -0.497 e. The van der Waals surface area contributed by atoms with Gasteiger partial charge in [-0.1, -0.05) is 6.07 Å². The summed E-state index contributed by atoms with van der Waals surface area (Å²) in [4.78, 5) is 17.3. The van der Waals surface area contributed by atoms with Gasteiger partial charge in [0.05, 0.1) is 30.6 Å². The van der Waals surface area contributed by atoms with Crippen LogP contribution in [0, 0.1) is 6.92 Å². The fourth-order valence-corrected chi connectivity index (χ4v) is 3.38. The zero-order valence-corrected chi connectivity index (χ0v) is 19.2.